The number of nitrogens with one attached hydrogen (secondary N) is 1. The van der Waals surface area contributed by atoms with Gasteiger partial charge in [0, 0.05) is 19.1 Å². The Bertz CT molecular complexity index is 249. The minimum absolute atomic E-state index is 0.190. The molecule has 0 spiro atoms. The molecule has 1 atom stereocenters. The minimum Gasteiger partial charge on any atom is -0.335 e. The summed E-state index contributed by atoms with van der Waals surface area (Å²) < 4.78 is 0. The van der Waals surface area contributed by atoms with Gasteiger partial charge in [-0.15, -0.1) is 0 Å². The van der Waals surface area contributed by atoms with E-state index in [9.17, 15) is 4.79 Å². The predicted octanol–water partition coefficient (Wildman–Crippen LogP) is 3.15. The number of rotatable bonds is 3. The average molecular weight is 238 g/mol. The Labute approximate surface area is 105 Å². The lowest BCUT2D eigenvalue weighted by Crippen LogP contribution is -2.44. The van der Waals surface area contributed by atoms with E-state index >= 15 is 0 Å². The van der Waals surface area contributed by atoms with E-state index in [0.29, 0.717) is 6.04 Å². The predicted molar refractivity (Wildman–Crippen MR) is 70.0 cm³/mol. The van der Waals surface area contributed by atoms with Crippen molar-refractivity contribution in [2.24, 2.45) is 5.92 Å². The summed E-state index contributed by atoms with van der Waals surface area (Å²) >= 11 is 0. The number of carbonyl (C=O) groups is 1. The van der Waals surface area contributed by atoms with Crippen molar-refractivity contribution in [1.82, 2.24) is 10.2 Å². The van der Waals surface area contributed by atoms with Gasteiger partial charge in [-0.25, -0.2) is 4.79 Å². The molecule has 1 aliphatic carbocycles. The van der Waals surface area contributed by atoms with Crippen molar-refractivity contribution in [2.45, 2.75) is 64.3 Å². The Hall–Kier alpha value is -0.730. The van der Waals surface area contributed by atoms with Crippen LogP contribution in [0.5, 0.6) is 0 Å². The van der Waals surface area contributed by atoms with Gasteiger partial charge in [0.15, 0.2) is 0 Å². The smallest absolute Gasteiger partial charge is 0.317 e. The van der Waals surface area contributed by atoms with Gasteiger partial charge in [-0.3, -0.25) is 0 Å². The highest BCUT2D eigenvalue weighted by molar-refractivity contribution is 5.74. The Balaban J connectivity index is 1.72. The molecule has 0 aromatic heterocycles. The third kappa shape index (κ3) is 3.62. The van der Waals surface area contributed by atoms with Crippen molar-refractivity contribution in [3.05, 3.63) is 0 Å². The fraction of sp³-hybridized carbons (Fsp3) is 0.929. The van der Waals surface area contributed by atoms with Crippen LogP contribution in [0.15, 0.2) is 0 Å². The molecule has 1 saturated heterocycles. The number of hydrogen-bond donors (Lipinski definition) is 1. The van der Waals surface area contributed by atoms with E-state index in [4.69, 9.17) is 0 Å². The molecule has 2 fully saturated rings. The Kier molecular flexibility index (Phi) is 4.69. The lowest BCUT2D eigenvalue weighted by atomic mass is 9.96. The molecule has 98 valence electrons. The highest BCUT2D eigenvalue weighted by Crippen LogP contribution is 2.22. The van der Waals surface area contributed by atoms with Gasteiger partial charge < -0.3 is 10.2 Å². The number of amides is 2. The van der Waals surface area contributed by atoms with Crippen LogP contribution in [0.2, 0.25) is 0 Å². The number of nitrogens with zero attached hydrogens (tertiary/aromatic N) is 1. The Morgan fingerprint density at radius 2 is 2.00 bits per heavy atom. The van der Waals surface area contributed by atoms with Gasteiger partial charge in [-0.1, -0.05) is 32.6 Å². The highest BCUT2D eigenvalue weighted by Gasteiger charge is 2.27. The third-order valence-corrected chi connectivity index (χ3v) is 4.20. The molecule has 0 radical (unpaired) electrons. The quantitative estimate of drug-likeness (QED) is 0.805. The molecule has 1 heterocycles. The summed E-state index contributed by atoms with van der Waals surface area (Å²) in [5.74, 6) is 0.747. The molecule has 0 bridgehead atoms. The van der Waals surface area contributed by atoms with Crippen molar-refractivity contribution < 1.29 is 4.79 Å². The van der Waals surface area contributed by atoms with Gasteiger partial charge in [0.05, 0.1) is 0 Å². The van der Waals surface area contributed by atoms with Gasteiger partial charge in [0.1, 0.15) is 0 Å². The van der Waals surface area contributed by atoms with Gasteiger partial charge >= 0.3 is 6.03 Å². The van der Waals surface area contributed by atoms with Gasteiger partial charge in [0.25, 0.3) is 0 Å². The van der Waals surface area contributed by atoms with E-state index in [0.717, 1.165) is 19.0 Å². The summed E-state index contributed by atoms with van der Waals surface area (Å²) in [4.78, 5) is 14.1. The van der Waals surface area contributed by atoms with Crippen LogP contribution in [-0.4, -0.2) is 30.1 Å². The maximum absolute atomic E-state index is 12.1. The summed E-state index contributed by atoms with van der Waals surface area (Å²) in [7, 11) is 0. The maximum atomic E-state index is 12.1. The molecule has 3 heteroatoms. The van der Waals surface area contributed by atoms with Crippen molar-refractivity contribution >= 4 is 6.03 Å². The normalized spacial score (nSPS) is 26.2. The van der Waals surface area contributed by atoms with Crippen LogP contribution in [0.1, 0.15) is 58.3 Å². The second kappa shape index (κ2) is 6.27. The average Bonchev–Trinajstić information content (AvgIpc) is 2.79. The van der Waals surface area contributed by atoms with Crippen molar-refractivity contribution in [3.63, 3.8) is 0 Å². The first kappa shape index (κ1) is 12.7. The van der Waals surface area contributed by atoms with Crippen LogP contribution in [0.3, 0.4) is 0 Å². The first-order valence-corrected chi connectivity index (χ1v) is 7.35. The lowest BCUT2D eigenvalue weighted by Gasteiger charge is -2.26. The number of likely N-dealkylation sites (tertiary alicyclic amines) is 1. The largest absolute Gasteiger partial charge is 0.335 e. The topological polar surface area (TPSA) is 32.3 Å². The monoisotopic (exact) mass is 238 g/mol. The molecule has 1 saturated carbocycles. The van der Waals surface area contributed by atoms with E-state index in [2.05, 4.69) is 12.2 Å². The lowest BCUT2D eigenvalue weighted by molar-refractivity contribution is 0.198. The van der Waals surface area contributed by atoms with Crippen molar-refractivity contribution in [2.75, 3.05) is 13.1 Å². The van der Waals surface area contributed by atoms with Crippen LogP contribution in [0.25, 0.3) is 0 Å². The van der Waals surface area contributed by atoms with E-state index in [1.165, 1.54) is 51.4 Å². The molecule has 17 heavy (non-hydrogen) atoms. The molecule has 2 aliphatic rings. The fourth-order valence-electron chi connectivity index (χ4n) is 3.17. The second-order valence-electron chi connectivity index (χ2n) is 5.67. The number of hydrogen-bond acceptors (Lipinski definition) is 1. The maximum Gasteiger partial charge on any atom is 0.317 e. The summed E-state index contributed by atoms with van der Waals surface area (Å²) in [6.07, 6.45) is 9.97. The van der Waals surface area contributed by atoms with Crippen LogP contribution in [0, 0.1) is 5.92 Å². The number of carbonyl (C=O) groups excluding carboxylic acids is 1. The molecule has 1 unspecified atom stereocenters. The minimum atomic E-state index is 0.190. The van der Waals surface area contributed by atoms with Gasteiger partial charge in [0.2, 0.25) is 0 Å². The zero-order valence-corrected chi connectivity index (χ0v) is 11.1. The molecule has 0 aromatic carbocycles. The molecule has 1 N–H and O–H groups in total. The van der Waals surface area contributed by atoms with Crippen LogP contribution >= 0.6 is 0 Å². The summed E-state index contributed by atoms with van der Waals surface area (Å²) in [6.45, 7) is 4.17. The van der Waals surface area contributed by atoms with E-state index in [1.54, 1.807) is 0 Å². The zero-order chi connectivity index (χ0) is 12.1. The Morgan fingerprint density at radius 1 is 1.24 bits per heavy atom. The molecule has 3 nitrogen and oxygen atoms in total. The highest BCUT2D eigenvalue weighted by atomic mass is 16.2. The first-order valence-electron chi connectivity index (χ1n) is 7.35. The van der Waals surface area contributed by atoms with E-state index in [-0.39, 0.29) is 6.03 Å². The van der Waals surface area contributed by atoms with Gasteiger partial charge in [-0.2, -0.15) is 0 Å². The Morgan fingerprint density at radius 3 is 2.71 bits per heavy atom. The van der Waals surface area contributed by atoms with Crippen LogP contribution in [0.4, 0.5) is 4.79 Å². The second-order valence-corrected chi connectivity index (χ2v) is 5.67. The third-order valence-electron chi connectivity index (χ3n) is 4.20. The number of urea groups is 1. The molecular formula is C14H26N2O. The van der Waals surface area contributed by atoms with Crippen LogP contribution < -0.4 is 5.32 Å². The summed E-state index contributed by atoms with van der Waals surface area (Å²) in [5.41, 5.74) is 0. The van der Waals surface area contributed by atoms with Crippen molar-refractivity contribution in [1.29, 1.82) is 0 Å². The summed E-state index contributed by atoms with van der Waals surface area (Å²) in [5, 5.41) is 3.21. The standard InChI is InChI=1S/C14H26N2O/c1-2-6-12-9-10-16(11-12)14(17)15-13-7-4-3-5-8-13/h12-13H,2-11H2,1H3,(H,15,17). The SMILES string of the molecule is CCCC1CCN(C(=O)NC2CCCCC2)C1. The molecular weight excluding hydrogens is 212 g/mol. The summed E-state index contributed by atoms with van der Waals surface area (Å²) in [6, 6.07) is 0.636. The van der Waals surface area contributed by atoms with Gasteiger partial charge in [-0.05, 0) is 31.6 Å². The zero-order valence-electron chi connectivity index (χ0n) is 11.1. The van der Waals surface area contributed by atoms with E-state index in [1.807, 2.05) is 4.90 Å². The van der Waals surface area contributed by atoms with E-state index < -0.39 is 0 Å². The molecule has 2 amide bonds. The molecule has 2 rings (SSSR count). The fourth-order valence-corrected chi connectivity index (χ4v) is 3.17. The van der Waals surface area contributed by atoms with Crippen LogP contribution in [-0.2, 0) is 0 Å². The van der Waals surface area contributed by atoms with Crippen molar-refractivity contribution in [3.8, 4) is 0 Å². The first-order chi connectivity index (χ1) is 8.29. The molecule has 1 aliphatic heterocycles. The molecule has 0 aromatic rings.